The van der Waals surface area contributed by atoms with Crippen molar-refractivity contribution in [3.05, 3.63) is 50.8 Å². The third-order valence-corrected chi connectivity index (χ3v) is 5.40. The highest BCUT2D eigenvalue weighted by molar-refractivity contribution is 9.10. The number of hydrogen-bond acceptors (Lipinski definition) is 3. The van der Waals surface area contributed by atoms with Crippen LogP contribution in [0.3, 0.4) is 0 Å². The lowest BCUT2D eigenvalue weighted by molar-refractivity contribution is -0.00702. The van der Waals surface area contributed by atoms with E-state index < -0.39 is 0 Å². The van der Waals surface area contributed by atoms with Gasteiger partial charge >= 0.3 is 0 Å². The molecule has 2 aliphatic heterocycles. The average molecular weight is 390 g/mol. The molecular formula is C18H20BrN3O2. The number of nitrogens with one attached hydrogen (secondary N) is 1. The van der Waals surface area contributed by atoms with Crippen molar-refractivity contribution >= 4 is 21.8 Å². The molecule has 3 heterocycles. The van der Waals surface area contributed by atoms with E-state index >= 15 is 0 Å². The summed E-state index contributed by atoms with van der Waals surface area (Å²) in [5.74, 6) is 0.0161. The Morgan fingerprint density at radius 2 is 2.21 bits per heavy atom. The molecule has 0 unspecified atom stereocenters. The monoisotopic (exact) mass is 389 g/mol. The Hall–Kier alpha value is -1.66. The Balaban J connectivity index is 1.60. The lowest BCUT2D eigenvalue weighted by atomic mass is 9.97. The van der Waals surface area contributed by atoms with Gasteiger partial charge in [-0.1, -0.05) is 22.0 Å². The molecule has 0 radical (unpaired) electrons. The Morgan fingerprint density at radius 3 is 3.04 bits per heavy atom. The number of H-pyrrole nitrogens is 1. The van der Waals surface area contributed by atoms with Crippen molar-refractivity contribution < 1.29 is 9.53 Å². The average Bonchev–Trinajstić information content (AvgIpc) is 2.97. The fourth-order valence-electron chi connectivity index (χ4n) is 3.70. The van der Waals surface area contributed by atoms with Gasteiger partial charge in [0.25, 0.3) is 5.91 Å². The number of aromatic amines is 1. The number of hydrogen-bond donors (Lipinski definition) is 1. The van der Waals surface area contributed by atoms with Crippen molar-refractivity contribution in [3.8, 4) is 0 Å². The molecule has 0 saturated carbocycles. The molecule has 1 aromatic heterocycles. The normalized spacial score (nSPS) is 22.9. The lowest BCUT2D eigenvalue weighted by Crippen LogP contribution is -2.37. The molecule has 6 heteroatoms. The number of fused-ring (bicyclic) bond motifs is 2. The van der Waals surface area contributed by atoms with Gasteiger partial charge in [0.15, 0.2) is 5.69 Å². The predicted molar refractivity (Wildman–Crippen MR) is 93.8 cm³/mol. The second-order valence-electron chi connectivity index (χ2n) is 6.65. The zero-order valence-electron chi connectivity index (χ0n) is 13.8. The molecule has 0 fully saturated rings. The van der Waals surface area contributed by atoms with Crippen molar-refractivity contribution in [2.24, 2.45) is 0 Å². The second-order valence-corrected chi connectivity index (χ2v) is 7.56. The molecule has 1 N–H and O–H groups in total. The molecule has 5 nitrogen and oxygen atoms in total. The van der Waals surface area contributed by atoms with Crippen LogP contribution in [0.5, 0.6) is 0 Å². The topological polar surface area (TPSA) is 58.2 Å². The summed E-state index contributed by atoms with van der Waals surface area (Å²) in [6.07, 6.45) is 1.67. The van der Waals surface area contributed by atoms with Gasteiger partial charge in [-0.2, -0.15) is 5.10 Å². The first kappa shape index (κ1) is 15.8. The minimum absolute atomic E-state index is 0.0161. The van der Waals surface area contributed by atoms with E-state index in [4.69, 9.17) is 4.74 Å². The minimum atomic E-state index is -0.0442. The van der Waals surface area contributed by atoms with Gasteiger partial charge in [0.2, 0.25) is 0 Å². The van der Waals surface area contributed by atoms with E-state index in [1.807, 2.05) is 24.8 Å². The summed E-state index contributed by atoms with van der Waals surface area (Å²) in [7, 11) is 0. The summed E-state index contributed by atoms with van der Waals surface area (Å²) in [6.45, 7) is 5.40. The van der Waals surface area contributed by atoms with Crippen LogP contribution in [-0.4, -0.2) is 33.7 Å². The summed E-state index contributed by atoms with van der Waals surface area (Å²) in [6, 6.07) is 6.27. The van der Waals surface area contributed by atoms with E-state index in [1.165, 1.54) is 11.1 Å². The summed E-state index contributed by atoms with van der Waals surface area (Å²) < 4.78 is 6.90. The molecule has 0 aliphatic carbocycles. The zero-order chi connectivity index (χ0) is 16.8. The van der Waals surface area contributed by atoms with E-state index in [2.05, 4.69) is 38.3 Å². The number of ether oxygens (including phenoxy) is 1. The van der Waals surface area contributed by atoms with Crippen molar-refractivity contribution in [2.45, 2.75) is 45.4 Å². The third kappa shape index (κ3) is 2.67. The van der Waals surface area contributed by atoms with E-state index in [0.29, 0.717) is 12.2 Å². The van der Waals surface area contributed by atoms with Gasteiger partial charge < -0.3 is 9.64 Å². The first-order valence-corrected chi connectivity index (χ1v) is 9.11. The van der Waals surface area contributed by atoms with Crippen molar-refractivity contribution in [1.82, 2.24) is 15.1 Å². The fraction of sp³-hybridized carbons (Fsp3) is 0.444. The first-order valence-electron chi connectivity index (χ1n) is 8.32. The molecular weight excluding hydrogens is 370 g/mol. The molecule has 0 bridgehead atoms. The SMILES string of the molecule is C[C@@H]1Cc2c(C(=O)N3CCc4cc(Br)ccc4C3)n[nH]c2[C@H](C)O1. The Labute approximate surface area is 149 Å². The number of halogens is 1. The number of amides is 1. The molecule has 4 rings (SSSR count). The van der Waals surface area contributed by atoms with Crippen molar-refractivity contribution in [1.29, 1.82) is 0 Å². The molecule has 24 heavy (non-hydrogen) atoms. The van der Waals surface area contributed by atoms with Crippen LogP contribution in [0.1, 0.15) is 52.8 Å². The molecule has 0 spiro atoms. The van der Waals surface area contributed by atoms with Crippen LogP contribution in [-0.2, 0) is 24.1 Å². The Morgan fingerprint density at radius 1 is 1.38 bits per heavy atom. The van der Waals surface area contributed by atoms with Crippen LogP contribution in [0.15, 0.2) is 22.7 Å². The maximum absolute atomic E-state index is 13.0. The molecule has 1 amide bonds. The van der Waals surface area contributed by atoms with Crippen molar-refractivity contribution in [2.75, 3.05) is 6.54 Å². The van der Waals surface area contributed by atoms with Gasteiger partial charge in [0.05, 0.1) is 17.9 Å². The highest BCUT2D eigenvalue weighted by Crippen LogP contribution is 2.31. The largest absolute Gasteiger partial charge is 0.369 e. The number of nitrogens with zero attached hydrogens (tertiary/aromatic N) is 2. The standard InChI is InChI=1S/C18H20BrN3O2/c1-10-7-15-16(11(2)24-10)20-21-17(15)18(23)22-6-5-12-8-14(19)4-3-13(12)9-22/h3-4,8,10-11H,5-7,9H2,1-2H3,(H,20,21)/t10-,11+/m1/s1. The quantitative estimate of drug-likeness (QED) is 0.812. The smallest absolute Gasteiger partial charge is 0.274 e. The number of rotatable bonds is 1. The van der Waals surface area contributed by atoms with Crippen LogP contribution in [0.4, 0.5) is 0 Å². The van der Waals surface area contributed by atoms with Crippen LogP contribution in [0.2, 0.25) is 0 Å². The predicted octanol–water partition coefficient (Wildman–Crippen LogP) is 3.39. The van der Waals surface area contributed by atoms with Crippen LogP contribution in [0, 0.1) is 0 Å². The highest BCUT2D eigenvalue weighted by Gasteiger charge is 2.32. The Kier molecular flexibility index (Phi) is 3.96. The number of carbonyl (C=O) groups excluding carboxylic acids is 1. The summed E-state index contributed by atoms with van der Waals surface area (Å²) in [5.41, 5.74) is 5.05. The fourth-order valence-corrected chi connectivity index (χ4v) is 4.10. The van der Waals surface area contributed by atoms with Gasteiger partial charge in [-0.15, -0.1) is 0 Å². The third-order valence-electron chi connectivity index (χ3n) is 4.90. The highest BCUT2D eigenvalue weighted by atomic mass is 79.9. The Bertz CT molecular complexity index is 802. The molecule has 126 valence electrons. The summed E-state index contributed by atoms with van der Waals surface area (Å²) in [4.78, 5) is 14.9. The van der Waals surface area contributed by atoms with Gasteiger partial charge in [-0.3, -0.25) is 9.89 Å². The van der Waals surface area contributed by atoms with E-state index in [-0.39, 0.29) is 18.1 Å². The molecule has 2 aromatic rings. The van der Waals surface area contributed by atoms with E-state index in [9.17, 15) is 4.79 Å². The minimum Gasteiger partial charge on any atom is -0.369 e. The summed E-state index contributed by atoms with van der Waals surface area (Å²) >= 11 is 3.51. The van der Waals surface area contributed by atoms with Crippen LogP contribution >= 0.6 is 15.9 Å². The maximum Gasteiger partial charge on any atom is 0.274 e. The maximum atomic E-state index is 13.0. The van der Waals surface area contributed by atoms with Gasteiger partial charge in [0.1, 0.15) is 0 Å². The van der Waals surface area contributed by atoms with Crippen LogP contribution in [0.25, 0.3) is 0 Å². The second kappa shape index (κ2) is 6.01. The molecule has 1 aromatic carbocycles. The van der Waals surface area contributed by atoms with E-state index in [1.54, 1.807) is 0 Å². The molecule has 0 saturated heterocycles. The lowest BCUT2D eigenvalue weighted by Gasteiger charge is -2.29. The van der Waals surface area contributed by atoms with Gasteiger partial charge in [0, 0.05) is 29.5 Å². The molecule has 2 atom stereocenters. The van der Waals surface area contributed by atoms with Crippen molar-refractivity contribution in [3.63, 3.8) is 0 Å². The van der Waals surface area contributed by atoms with Crippen LogP contribution < -0.4 is 0 Å². The number of aromatic nitrogens is 2. The van der Waals surface area contributed by atoms with E-state index in [0.717, 1.165) is 35.1 Å². The number of benzene rings is 1. The van der Waals surface area contributed by atoms with Gasteiger partial charge in [-0.25, -0.2) is 0 Å². The molecule has 2 aliphatic rings. The first-order chi connectivity index (χ1) is 11.5. The zero-order valence-corrected chi connectivity index (χ0v) is 15.4. The van der Waals surface area contributed by atoms with Gasteiger partial charge in [-0.05, 0) is 43.5 Å². The summed E-state index contributed by atoms with van der Waals surface area (Å²) in [5, 5.41) is 7.34. The number of carbonyl (C=O) groups is 1.